The Morgan fingerprint density at radius 3 is 2.61 bits per heavy atom. The van der Waals surface area contributed by atoms with Gasteiger partial charge in [-0.2, -0.15) is 5.01 Å². The molecule has 1 spiro atoms. The van der Waals surface area contributed by atoms with Crippen LogP contribution in [0.25, 0.3) is 0 Å². The largest absolute Gasteiger partial charge is 0.492 e. The number of ether oxygens (including phenoxy) is 1. The number of rotatable bonds is 4. The van der Waals surface area contributed by atoms with Crippen molar-refractivity contribution in [3.8, 4) is 5.75 Å². The number of hydrogen-bond acceptors (Lipinski definition) is 6. The lowest BCUT2D eigenvalue weighted by Gasteiger charge is -2.29. The molecule has 31 heavy (non-hydrogen) atoms. The number of nitrogens with one attached hydrogen (secondary N) is 1. The Balaban J connectivity index is 1.68. The van der Waals surface area contributed by atoms with Crippen LogP contribution in [0.4, 0.5) is 5.69 Å². The fourth-order valence-corrected chi connectivity index (χ4v) is 5.07. The third-order valence-electron chi connectivity index (χ3n) is 4.79. The van der Waals surface area contributed by atoms with Crippen molar-refractivity contribution in [2.24, 2.45) is 5.10 Å². The molecule has 2 aliphatic heterocycles. The van der Waals surface area contributed by atoms with Crippen LogP contribution in [0.3, 0.4) is 0 Å². The van der Waals surface area contributed by atoms with Crippen LogP contribution in [0.15, 0.2) is 53.6 Å². The number of anilines is 1. The normalized spacial score (nSPS) is 19.5. The molecular formula is C21H19ClN4O4S. The zero-order valence-corrected chi connectivity index (χ0v) is 18.4. The maximum absolute atomic E-state index is 13.7. The zero-order valence-electron chi connectivity index (χ0n) is 16.8. The second-order valence-corrected chi connectivity index (χ2v) is 8.56. The van der Waals surface area contributed by atoms with Gasteiger partial charge in [-0.1, -0.05) is 29.8 Å². The van der Waals surface area contributed by atoms with Crippen LogP contribution in [-0.4, -0.2) is 41.0 Å². The van der Waals surface area contributed by atoms with E-state index in [9.17, 15) is 14.4 Å². The number of thioether (sulfide) groups is 1. The highest BCUT2D eigenvalue weighted by atomic mass is 35.5. The van der Waals surface area contributed by atoms with Crippen molar-refractivity contribution in [2.45, 2.75) is 18.7 Å². The maximum Gasteiger partial charge on any atom is 0.270 e. The van der Waals surface area contributed by atoms with Crippen LogP contribution in [0, 0.1) is 0 Å². The Kier molecular flexibility index (Phi) is 5.63. The van der Waals surface area contributed by atoms with Crippen LogP contribution >= 0.6 is 23.4 Å². The Bertz CT molecular complexity index is 1090. The zero-order chi connectivity index (χ0) is 22.2. The van der Waals surface area contributed by atoms with E-state index in [0.29, 0.717) is 22.0 Å². The number of nitrogens with zero attached hydrogens (tertiary/aromatic N) is 3. The van der Waals surface area contributed by atoms with E-state index in [0.717, 1.165) is 16.8 Å². The molecule has 4 rings (SSSR count). The molecule has 2 heterocycles. The van der Waals surface area contributed by atoms with Crippen molar-refractivity contribution in [2.75, 3.05) is 18.1 Å². The fraction of sp³-hybridized carbons (Fsp3) is 0.238. The highest BCUT2D eigenvalue weighted by Crippen LogP contribution is 2.54. The highest BCUT2D eigenvalue weighted by molar-refractivity contribution is 8.15. The van der Waals surface area contributed by atoms with E-state index in [-0.39, 0.29) is 30.1 Å². The molecule has 0 saturated carbocycles. The van der Waals surface area contributed by atoms with Crippen molar-refractivity contribution >= 4 is 51.9 Å². The lowest BCUT2D eigenvalue weighted by Crippen LogP contribution is -2.49. The minimum atomic E-state index is -1.48. The van der Waals surface area contributed by atoms with Crippen molar-refractivity contribution in [1.82, 2.24) is 10.3 Å². The average molecular weight is 459 g/mol. The minimum absolute atomic E-state index is 0.171. The van der Waals surface area contributed by atoms with Gasteiger partial charge in [0.2, 0.25) is 16.7 Å². The molecule has 2 aromatic carbocycles. The smallest absolute Gasteiger partial charge is 0.270 e. The molecule has 0 unspecified atom stereocenters. The number of carbonyl (C=O) groups is 3. The summed E-state index contributed by atoms with van der Waals surface area (Å²) in [7, 11) is 0. The van der Waals surface area contributed by atoms with E-state index in [1.165, 1.54) is 13.8 Å². The van der Waals surface area contributed by atoms with Crippen molar-refractivity contribution in [3.63, 3.8) is 0 Å². The van der Waals surface area contributed by atoms with Crippen LogP contribution in [0.1, 0.15) is 19.4 Å². The summed E-state index contributed by atoms with van der Waals surface area (Å²) in [6.45, 7) is 3.16. The number of halogens is 1. The highest BCUT2D eigenvalue weighted by Gasteiger charge is 2.61. The number of hydrazone groups is 1. The summed E-state index contributed by atoms with van der Waals surface area (Å²) in [4.78, 5) is 37.8. The minimum Gasteiger partial charge on any atom is -0.492 e. The Morgan fingerprint density at radius 1 is 1.19 bits per heavy atom. The molecule has 0 fully saturated rings. The van der Waals surface area contributed by atoms with Gasteiger partial charge in [0.15, 0.2) is 5.17 Å². The molecule has 2 aromatic rings. The SMILES string of the molecule is CC(=O)NC1=NN(C(C)=O)[C@@]2(S1)C(=O)N(CCOc1ccccc1)c1ccc(Cl)cc12. The lowest BCUT2D eigenvalue weighted by molar-refractivity contribution is -0.139. The van der Waals surface area contributed by atoms with Crippen molar-refractivity contribution in [1.29, 1.82) is 0 Å². The molecule has 0 bridgehead atoms. The van der Waals surface area contributed by atoms with Gasteiger partial charge in [-0.15, -0.1) is 5.10 Å². The number of fused-ring (bicyclic) bond motifs is 2. The van der Waals surface area contributed by atoms with Gasteiger partial charge in [0.1, 0.15) is 12.4 Å². The monoisotopic (exact) mass is 458 g/mol. The summed E-state index contributed by atoms with van der Waals surface area (Å²) in [5.74, 6) is -0.450. The topological polar surface area (TPSA) is 91.3 Å². The van der Waals surface area contributed by atoms with Crippen molar-refractivity contribution < 1.29 is 19.1 Å². The van der Waals surface area contributed by atoms with E-state index in [1.807, 2.05) is 30.3 Å². The molecule has 1 N–H and O–H groups in total. The molecular weight excluding hydrogens is 440 g/mol. The number of amides is 3. The first-order valence-corrected chi connectivity index (χ1v) is 10.7. The third-order valence-corrected chi connectivity index (χ3v) is 6.27. The molecule has 0 saturated heterocycles. The quantitative estimate of drug-likeness (QED) is 0.760. The molecule has 0 aromatic heterocycles. The van der Waals surface area contributed by atoms with Gasteiger partial charge >= 0.3 is 0 Å². The third kappa shape index (κ3) is 3.75. The van der Waals surface area contributed by atoms with E-state index in [4.69, 9.17) is 16.3 Å². The summed E-state index contributed by atoms with van der Waals surface area (Å²) in [6, 6.07) is 14.4. The van der Waals surface area contributed by atoms with Gasteiger partial charge in [0.25, 0.3) is 5.91 Å². The van der Waals surface area contributed by atoms with Gasteiger partial charge in [0, 0.05) is 24.4 Å². The predicted octanol–water partition coefficient (Wildman–Crippen LogP) is 2.92. The maximum atomic E-state index is 13.7. The van der Waals surface area contributed by atoms with E-state index in [1.54, 1.807) is 23.1 Å². The Labute approximate surface area is 188 Å². The summed E-state index contributed by atoms with van der Waals surface area (Å²) in [5.41, 5.74) is 1.15. The van der Waals surface area contributed by atoms with Gasteiger partial charge in [-0.25, -0.2) is 0 Å². The number of para-hydroxylation sites is 1. The fourth-order valence-electron chi connectivity index (χ4n) is 3.58. The number of hydrogen-bond donors (Lipinski definition) is 1. The molecule has 8 nitrogen and oxygen atoms in total. The molecule has 10 heteroatoms. The van der Waals surface area contributed by atoms with Crippen LogP contribution in [0.2, 0.25) is 5.02 Å². The summed E-state index contributed by atoms with van der Waals surface area (Å²) in [6.07, 6.45) is 0. The van der Waals surface area contributed by atoms with Gasteiger partial charge < -0.3 is 15.0 Å². The number of amidine groups is 1. The Hall–Kier alpha value is -3.04. The molecule has 3 amide bonds. The molecule has 0 radical (unpaired) electrons. The first kappa shape index (κ1) is 21.2. The Morgan fingerprint density at radius 2 is 1.94 bits per heavy atom. The molecule has 0 aliphatic carbocycles. The second-order valence-electron chi connectivity index (χ2n) is 6.94. The van der Waals surface area contributed by atoms with Crippen LogP contribution < -0.4 is 15.0 Å². The van der Waals surface area contributed by atoms with Crippen LogP contribution in [-0.2, 0) is 19.3 Å². The first-order valence-electron chi connectivity index (χ1n) is 9.49. The van der Waals surface area contributed by atoms with E-state index >= 15 is 0 Å². The predicted molar refractivity (Wildman–Crippen MR) is 119 cm³/mol. The summed E-state index contributed by atoms with van der Waals surface area (Å²) >= 11 is 7.25. The molecule has 2 aliphatic rings. The average Bonchev–Trinajstić information content (AvgIpc) is 3.21. The van der Waals surface area contributed by atoms with Crippen LogP contribution in [0.5, 0.6) is 5.75 Å². The summed E-state index contributed by atoms with van der Waals surface area (Å²) < 4.78 is 5.76. The lowest BCUT2D eigenvalue weighted by atomic mass is 10.1. The van der Waals surface area contributed by atoms with E-state index in [2.05, 4.69) is 10.4 Å². The van der Waals surface area contributed by atoms with Gasteiger partial charge in [0.05, 0.1) is 12.2 Å². The first-order chi connectivity index (χ1) is 14.8. The van der Waals surface area contributed by atoms with E-state index < -0.39 is 10.8 Å². The van der Waals surface area contributed by atoms with Gasteiger partial charge in [-0.3, -0.25) is 14.4 Å². The number of benzene rings is 2. The second kappa shape index (κ2) is 8.24. The summed E-state index contributed by atoms with van der Waals surface area (Å²) in [5, 5.41) is 8.49. The van der Waals surface area contributed by atoms with Gasteiger partial charge in [-0.05, 0) is 42.1 Å². The van der Waals surface area contributed by atoms with Crippen molar-refractivity contribution in [3.05, 3.63) is 59.1 Å². The molecule has 160 valence electrons. The number of carbonyl (C=O) groups excluding carboxylic acids is 3. The molecule has 1 atom stereocenters. The standard InChI is InChI=1S/C21H19ClN4O4S/c1-13(27)23-20-24-26(14(2)28)21(31-20)17-12-15(22)8-9-18(17)25(19(21)29)10-11-30-16-6-4-3-5-7-16/h3-9,12H,10-11H2,1-2H3,(H,23,24,27)/t21-/m0/s1.